The number of aromatic nitrogens is 1. The van der Waals surface area contributed by atoms with E-state index in [9.17, 15) is 4.79 Å². The van der Waals surface area contributed by atoms with Gasteiger partial charge in [-0.3, -0.25) is 4.79 Å². The third kappa shape index (κ3) is 2.88. The van der Waals surface area contributed by atoms with Gasteiger partial charge in [0.25, 0.3) is 5.91 Å². The van der Waals surface area contributed by atoms with Gasteiger partial charge in [0.05, 0.1) is 5.69 Å². The van der Waals surface area contributed by atoms with Crippen LogP contribution in [0.15, 0.2) is 12.1 Å². The molecule has 1 amide bonds. The van der Waals surface area contributed by atoms with Crippen LogP contribution in [0, 0.1) is 12.8 Å². The number of hydrogen-bond donors (Lipinski definition) is 2. The lowest BCUT2D eigenvalue weighted by Gasteiger charge is -2.27. The van der Waals surface area contributed by atoms with Crippen LogP contribution in [-0.4, -0.2) is 16.9 Å². The van der Waals surface area contributed by atoms with Crippen molar-refractivity contribution >= 4 is 33.1 Å². The number of fused-ring (bicyclic) bond motifs is 1. The van der Waals surface area contributed by atoms with Gasteiger partial charge in [0.15, 0.2) is 0 Å². The summed E-state index contributed by atoms with van der Waals surface area (Å²) in [6.07, 6.45) is 4.58. The monoisotopic (exact) mass is 303 g/mol. The van der Waals surface area contributed by atoms with E-state index in [-0.39, 0.29) is 11.9 Å². The number of nitrogen functional groups attached to an aromatic ring is 1. The first-order chi connectivity index (χ1) is 10.0. The number of anilines is 1. The molecule has 0 aromatic carbocycles. The zero-order valence-corrected chi connectivity index (χ0v) is 13.3. The van der Waals surface area contributed by atoms with Crippen LogP contribution in [0.4, 0.5) is 5.69 Å². The Labute approximate surface area is 128 Å². The normalized spacial score (nSPS) is 22.4. The highest BCUT2D eigenvalue weighted by Crippen LogP contribution is 2.33. The molecule has 0 radical (unpaired) electrons. The second-order valence-electron chi connectivity index (χ2n) is 6.09. The van der Waals surface area contributed by atoms with Gasteiger partial charge in [-0.1, -0.05) is 19.8 Å². The summed E-state index contributed by atoms with van der Waals surface area (Å²) in [5.74, 6) is 0.639. The van der Waals surface area contributed by atoms with Crippen molar-refractivity contribution in [2.45, 2.75) is 45.6 Å². The molecular formula is C16H21N3OS. The summed E-state index contributed by atoms with van der Waals surface area (Å²) in [7, 11) is 0. The average Bonchev–Trinajstić information content (AvgIpc) is 2.75. The third-order valence-electron chi connectivity index (χ3n) is 4.21. The van der Waals surface area contributed by atoms with E-state index in [4.69, 9.17) is 5.73 Å². The van der Waals surface area contributed by atoms with Crippen LogP contribution in [0.3, 0.4) is 0 Å². The second kappa shape index (κ2) is 5.64. The zero-order chi connectivity index (χ0) is 15.0. The predicted molar refractivity (Wildman–Crippen MR) is 87.7 cm³/mol. The number of nitrogens with one attached hydrogen (secondary N) is 1. The van der Waals surface area contributed by atoms with E-state index in [1.165, 1.54) is 24.2 Å². The van der Waals surface area contributed by atoms with Crippen LogP contribution in [0.1, 0.15) is 48.0 Å². The first-order valence-corrected chi connectivity index (χ1v) is 8.32. The fourth-order valence-electron chi connectivity index (χ4n) is 3.07. The van der Waals surface area contributed by atoms with E-state index in [2.05, 4.69) is 17.2 Å². The molecule has 2 atom stereocenters. The molecule has 0 aliphatic heterocycles. The predicted octanol–water partition coefficient (Wildman–Crippen LogP) is 3.50. The van der Waals surface area contributed by atoms with Crippen LogP contribution in [0.25, 0.3) is 10.2 Å². The van der Waals surface area contributed by atoms with E-state index in [0.717, 1.165) is 28.8 Å². The Kier molecular flexibility index (Phi) is 3.85. The summed E-state index contributed by atoms with van der Waals surface area (Å²) in [6.45, 7) is 4.19. The summed E-state index contributed by atoms with van der Waals surface area (Å²) in [5, 5.41) is 4.03. The van der Waals surface area contributed by atoms with Gasteiger partial charge in [0.1, 0.15) is 9.71 Å². The average molecular weight is 303 g/mol. The number of thiophene rings is 1. The Bertz CT molecular complexity index is 679. The molecule has 2 aromatic rings. The van der Waals surface area contributed by atoms with Crippen LogP contribution >= 0.6 is 11.3 Å². The van der Waals surface area contributed by atoms with Crippen LogP contribution in [-0.2, 0) is 0 Å². The molecule has 1 aliphatic carbocycles. The molecule has 1 saturated carbocycles. The maximum absolute atomic E-state index is 12.5. The number of amides is 1. The van der Waals surface area contributed by atoms with Crippen molar-refractivity contribution in [2.75, 3.05) is 5.73 Å². The standard InChI is InChI=1S/C16H21N3OS/c1-9-4-3-5-11(8-9)19-15(20)14-13(17)12-7-6-10(2)18-16(12)21-14/h6-7,9,11H,3-5,8,17H2,1-2H3,(H,19,20). The van der Waals surface area contributed by atoms with Gasteiger partial charge in [-0.15, -0.1) is 11.3 Å². The van der Waals surface area contributed by atoms with Crippen LogP contribution in [0.2, 0.25) is 0 Å². The molecule has 1 fully saturated rings. The lowest BCUT2D eigenvalue weighted by molar-refractivity contribution is 0.0926. The van der Waals surface area contributed by atoms with Crippen molar-refractivity contribution in [1.29, 1.82) is 0 Å². The number of carbonyl (C=O) groups excluding carboxylic acids is 1. The second-order valence-corrected chi connectivity index (χ2v) is 7.09. The zero-order valence-electron chi connectivity index (χ0n) is 12.5. The molecule has 2 heterocycles. The third-order valence-corrected chi connectivity index (χ3v) is 5.32. The number of nitrogens with two attached hydrogens (primary N) is 1. The molecule has 3 rings (SSSR count). The molecule has 5 heteroatoms. The van der Waals surface area contributed by atoms with E-state index >= 15 is 0 Å². The highest BCUT2D eigenvalue weighted by atomic mass is 32.1. The Morgan fingerprint density at radius 2 is 2.24 bits per heavy atom. The maximum Gasteiger partial charge on any atom is 0.263 e. The Morgan fingerprint density at radius 1 is 1.43 bits per heavy atom. The maximum atomic E-state index is 12.5. The lowest BCUT2D eigenvalue weighted by atomic mass is 9.87. The minimum Gasteiger partial charge on any atom is -0.397 e. The van der Waals surface area contributed by atoms with Crippen molar-refractivity contribution in [3.8, 4) is 0 Å². The molecule has 1 aliphatic rings. The van der Waals surface area contributed by atoms with Crippen LogP contribution < -0.4 is 11.1 Å². The minimum absolute atomic E-state index is 0.0488. The molecular weight excluding hydrogens is 282 g/mol. The van der Waals surface area contributed by atoms with Gasteiger partial charge < -0.3 is 11.1 Å². The summed E-state index contributed by atoms with van der Waals surface area (Å²) in [6, 6.07) is 4.15. The van der Waals surface area contributed by atoms with Crippen LogP contribution in [0.5, 0.6) is 0 Å². The van der Waals surface area contributed by atoms with Crippen molar-refractivity contribution < 1.29 is 4.79 Å². The van der Waals surface area contributed by atoms with Crippen molar-refractivity contribution in [3.05, 3.63) is 22.7 Å². The molecule has 21 heavy (non-hydrogen) atoms. The lowest BCUT2D eigenvalue weighted by Crippen LogP contribution is -2.37. The molecule has 2 unspecified atom stereocenters. The van der Waals surface area contributed by atoms with E-state index < -0.39 is 0 Å². The quantitative estimate of drug-likeness (QED) is 0.892. The number of aryl methyl sites for hydroxylation is 1. The Hall–Kier alpha value is -1.62. The Balaban J connectivity index is 1.82. The summed E-state index contributed by atoms with van der Waals surface area (Å²) in [4.78, 5) is 18.4. The largest absolute Gasteiger partial charge is 0.397 e. The number of rotatable bonds is 2. The van der Waals surface area contributed by atoms with E-state index in [0.29, 0.717) is 16.5 Å². The smallest absolute Gasteiger partial charge is 0.263 e. The number of pyridine rings is 1. The highest BCUT2D eigenvalue weighted by molar-refractivity contribution is 7.21. The van der Waals surface area contributed by atoms with Gasteiger partial charge in [-0.05, 0) is 37.8 Å². The summed E-state index contributed by atoms with van der Waals surface area (Å²) in [5.41, 5.74) is 7.63. The van der Waals surface area contributed by atoms with E-state index in [1.807, 2.05) is 19.1 Å². The minimum atomic E-state index is -0.0488. The topological polar surface area (TPSA) is 68.0 Å². The number of carbonyl (C=O) groups is 1. The molecule has 0 saturated heterocycles. The summed E-state index contributed by atoms with van der Waals surface area (Å²) < 4.78 is 0. The molecule has 0 bridgehead atoms. The molecule has 2 aromatic heterocycles. The molecule has 0 spiro atoms. The molecule has 112 valence electrons. The fraction of sp³-hybridized carbons (Fsp3) is 0.500. The van der Waals surface area contributed by atoms with Crippen molar-refractivity contribution in [2.24, 2.45) is 5.92 Å². The first-order valence-electron chi connectivity index (χ1n) is 7.51. The van der Waals surface area contributed by atoms with Gasteiger partial charge in [0, 0.05) is 17.1 Å². The highest BCUT2D eigenvalue weighted by Gasteiger charge is 2.23. The van der Waals surface area contributed by atoms with Gasteiger partial charge in [-0.2, -0.15) is 0 Å². The van der Waals surface area contributed by atoms with Gasteiger partial charge in [0.2, 0.25) is 0 Å². The molecule has 3 N–H and O–H groups in total. The fourth-order valence-corrected chi connectivity index (χ4v) is 4.12. The molecule has 4 nitrogen and oxygen atoms in total. The van der Waals surface area contributed by atoms with Gasteiger partial charge >= 0.3 is 0 Å². The SMILES string of the molecule is Cc1ccc2c(N)c(C(=O)NC3CCCC(C)C3)sc2n1. The van der Waals surface area contributed by atoms with Crippen molar-refractivity contribution in [3.63, 3.8) is 0 Å². The number of nitrogens with zero attached hydrogens (tertiary/aromatic N) is 1. The van der Waals surface area contributed by atoms with Gasteiger partial charge in [-0.25, -0.2) is 4.98 Å². The van der Waals surface area contributed by atoms with E-state index in [1.54, 1.807) is 0 Å². The number of hydrogen-bond acceptors (Lipinski definition) is 4. The first kappa shape index (κ1) is 14.3. The van der Waals surface area contributed by atoms with Crippen molar-refractivity contribution in [1.82, 2.24) is 10.3 Å². The summed E-state index contributed by atoms with van der Waals surface area (Å²) >= 11 is 1.39. The Morgan fingerprint density at radius 3 is 3.00 bits per heavy atom.